The summed E-state index contributed by atoms with van der Waals surface area (Å²) in [4.78, 5) is 39.7. The molecule has 1 aliphatic rings. The molecule has 0 bridgehead atoms. The van der Waals surface area contributed by atoms with Crippen LogP contribution >= 0.6 is 12.2 Å². The summed E-state index contributed by atoms with van der Waals surface area (Å²) in [5, 5.41) is 6.46. The van der Waals surface area contributed by atoms with Crippen molar-refractivity contribution in [3.05, 3.63) is 107 Å². The van der Waals surface area contributed by atoms with Crippen LogP contribution in [0.3, 0.4) is 0 Å². The van der Waals surface area contributed by atoms with Crippen molar-refractivity contribution in [2.24, 2.45) is 11.0 Å². The standard InChI is InChI=1S/C31H27N5O3S/c1-19-9-13-25(17-20(19)2)36-30(39)26(29(38)33-31(36)40)18-32-34-28(37)23-11-14-24(15-12-23)35-21(3)10-16-27(35)22-7-5-4-6-8-22/h4-18,26H,1-3H3,(H,34,37)(H,33,38,40)/b32-18-/t26-/m1/s1. The zero-order chi connectivity index (χ0) is 28.4. The number of aryl methyl sites for hydroxylation is 3. The van der Waals surface area contributed by atoms with E-state index in [4.69, 9.17) is 12.2 Å². The lowest BCUT2D eigenvalue weighted by molar-refractivity contribution is -0.130. The van der Waals surface area contributed by atoms with Crippen molar-refractivity contribution >= 4 is 47.0 Å². The summed E-state index contributed by atoms with van der Waals surface area (Å²) in [7, 11) is 0. The number of hydrazone groups is 1. The second-order valence-electron chi connectivity index (χ2n) is 9.54. The van der Waals surface area contributed by atoms with Gasteiger partial charge in [-0.1, -0.05) is 36.4 Å². The summed E-state index contributed by atoms with van der Waals surface area (Å²) in [6.45, 7) is 5.92. The highest BCUT2D eigenvalue weighted by molar-refractivity contribution is 7.80. The van der Waals surface area contributed by atoms with Crippen molar-refractivity contribution in [1.82, 2.24) is 15.3 Å². The molecule has 40 heavy (non-hydrogen) atoms. The van der Waals surface area contributed by atoms with Gasteiger partial charge < -0.3 is 9.88 Å². The Balaban J connectivity index is 1.29. The number of nitrogens with zero attached hydrogens (tertiary/aromatic N) is 3. The summed E-state index contributed by atoms with van der Waals surface area (Å²) >= 11 is 5.25. The third kappa shape index (κ3) is 5.19. The van der Waals surface area contributed by atoms with Crippen LogP contribution in [0.25, 0.3) is 16.9 Å². The van der Waals surface area contributed by atoms with Gasteiger partial charge in [0.2, 0.25) is 5.91 Å². The number of aromatic nitrogens is 1. The average Bonchev–Trinajstić information content (AvgIpc) is 3.34. The van der Waals surface area contributed by atoms with Gasteiger partial charge in [-0.15, -0.1) is 0 Å². The molecule has 1 aromatic heterocycles. The predicted molar refractivity (Wildman–Crippen MR) is 160 cm³/mol. The highest BCUT2D eigenvalue weighted by Gasteiger charge is 2.38. The number of benzene rings is 3. The Labute approximate surface area is 237 Å². The Morgan fingerprint density at radius 2 is 1.60 bits per heavy atom. The van der Waals surface area contributed by atoms with Crippen molar-refractivity contribution in [1.29, 1.82) is 0 Å². The predicted octanol–water partition coefficient (Wildman–Crippen LogP) is 4.85. The minimum absolute atomic E-state index is 0.000351. The number of amides is 3. The number of nitrogens with one attached hydrogen (secondary N) is 2. The molecular weight excluding hydrogens is 522 g/mol. The lowest BCUT2D eigenvalue weighted by atomic mass is 10.0. The molecule has 0 radical (unpaired) electrons. The number of hydrogen-bond donors (Lipinski definition) is 2. The van der Waals surface area contributed by atoms with Gasteiger partial charge in [0.25, 0.3) is 11.8 Å². The van der Waals surface area contributed by atoms with Crippen LogP contribution in [0.2, 0.25) is 0 Å². The maximum absolute atomic E-state index is 13.2. The Morgan fingerprint density at radius 1 is 0.900 bits per heavy atom. The summed E-state index contributed by atoms with van der Waals surface area (Å²) in [6, 6.07) is 26.8. The van der Waals surface area contributed by atoms with Gasteiger partial charge in [0, 0.05) is 23.2 Å². The van der Waals surface area contributed by atoms with Gasteiger partial charge in [-0.25, -0.2) is 5.43 Å². The molecule has 4 aromatic rings. The molecule has 1 atom stereocenters. The molecule has 0 aliphatic carbocycles. The number of anilines is 1. The number of thiocarbonyl (C=S) groups is 1. The maximum atomic E-state index is 13.2. The quantitative estimate of drug-likeness (QED) is 0.156. The fraction of sp³-hybridized carbons (Fsp3) is 0.129. The Morgan fingerprint density at radius 3 is 2.30 bits per heavy atom. The van der Waals surface area contributed by atoms with Gasteiger partial charge in [-0.3, -0.25) is 19.3 Å². The number of carbonyl (C=O) groups excluding carboxylic acids is 3. The molecule has 1 aliphatic heterocycles. The van der Waals surface area contributed by atoms with Crippen LogP contribution in [-0.4, -0.2) is 33.6 Å². The van der Waals surface area contributed by atoms with Crippen LogP contribution in [0.4, 0.5) is 5.69 Å². The Hall–Kier alpha value is -4.89. The molecular formula is C31H27N5O3S. The van der Waals surface area contributed by atoms with Gasteiger partial charge >= 0.3 is 0 Å². The van der Waals surface area contributed by atoms with Gasteiger partial charge in [0.1, 0.15) is 0 Å². The first-order valence-electron chi connectivity index (χ1n) is 12.7. The van der Waals surface area contributed by atoms with Crippen LogP contribution in [0.15, 0.2) is 90.0 Å². The minimum Gasteiger partial charge on any atom is -0.314 e. The summed E-state index contributed by atoms with van der Waals surface area (Å²) in [6.07, 6.45) is 1.12. The van der Waals surface area contributed by atoms with E-state index >= 15 is 0 Å². The van der Waals surface area contributed by atoms with Gasteiger partial charge in [-0.2, -0.15) is 5.10 Å². The summed E-state index contributed by atoms with van der Waals surface area (Å²) in [5.74, 6) is -2.87. The molecule has 1 saturated heterocycles. The van der Waals surface area contributed by atoms with E-state index in [9.17, 15) is 14.4 Å². The van der Waals surface area contributed by atoms with Crippen LogP contribution in [0, 0.1) is 26.7 Å². The third-order valence-electron chi connectivity index (χ3n) is 6.87. The second kappa shape index (κ2) is 11.1. The van der Waals surface area contributed by atoms with Gasteiger partial charge in [0.15, 0.2) is 11.0 Å². The average molecular weight is 550 g/mol. The monoisotopic (exact) mass is 549 g/mol. The van der Waals surface area contributed by atoms with E-state index in [1.54, 1.807) is 18.2 Å². The lowest BCUT2D eigenvalue weighted by Crippen LogP contribution is -2.58. The highest BCUT2D eigenvalue weighted by atomic mass is 32.1. The Bertz CT molecular complexity index is 1660. The van der Waals surface area contributed by atoms with Crippen molar-refractivity contribution < 1.29 is 14.4 Å². The molecule has 0 spiro atoms. The summed E-state index contributed by atoms with van der Waals surface area (Å²) < 4.78 is 2.12. The number of carbonyl (C=O) groups is 3. The minimum atomic E-state index is -1.25. The van der Waals surface area contributed by atoms with E-state index < -0.39 is 23.6 Å². The van der Waals surface area contributed by atoms with Crippen LogP contribution < -0.4 is 15.6 Å². The van der Waals surface area contributed by atoms with Crippen molar-refractivity contribution in [2.75, 3.05) is 4.90 Å². The van der Waals surface area contributed by atoms with Gasteiger partial charge in [0.05, 0.1) is 11.4 Å². The van der Waals surface area contributed by atoms with E-state index in [-0.39, 0.29) is 5.11 Å². The third-order valence-corrected chi connectivity index (χ3v) is 7.16. The van der Waals surface area contributed by atoms with Crippen molar-refractivity contribution in [3.63, 3.8) is 0 Å². The largest absolute Gasteiger partial charge is 0.314 e. The molecule has 3 aromatic carbocycles. The maximum Gasteiger partial charge on any atom is 0.271 e. The molecule has 1 fully saturated rings. The molecule has 0 unspecified atom stereocenters. The molecule has 0 saturated carbocycles. The topological polar surface area (TPSA) is 95.8 Å². The molecule has 2 N–H and O–H groups in total. The van der Waals surface area contributed by atoms with E-state index in [2.05, 4.69) is 38.6 Å². The number of rotatable bonds is 6. The van der Waals surface area contributed by atoms with Crippen LogP contribution in [0.5, 0.6) is 0 Å². The number of hydrogen-bond acceptors (Lipinski definition) is 5. The zero-order valence-electron chi connectivity index (χ0n) is 22.2. The van der Waals surface area contributed by atoms with Crippen molar-refractivity contribution in [2.45, 2.75) is 20.8 Å². The molecule has 200 valence electrons. The second-order valence-corrected chi connectivity index (χ2v) is 9.93. The lowest BCUT2D eigenvalue weighted by Gasteiger charge is -2.31. The highest BCUT2D eigenvalue weighted by Crippen LogP contribution is 2.27. The molecule has 8 nitrogen and oxygen atoms in total. The first kappa shape index (κ1) is 26.7. The Kier molecular flexibility index (Phi) is 7.39. The normalized spacial score (nSPS) is 15.4. The fourth-order valence-electron chi connectivity index (χ4n) is 4.54. The van der Waals surface area contributed by atoms with Crippen LogP contribution in [-0.2, 0) is 9.59 Å². The van der Waals surface area contributed by atoms with E-state index in [0.29, 0.717) is 11.3 Å². The van der Waals surface area contributed by atoms with Crippen molar-refractivity contribution in [3.8, 4) is 16.9 Å². The van der Waals surface area contributed by atoms with E-state index in [1.165, 1.54) is 4.90 Å². The first-order chi connectivity index (χ1) is 19.2. The molecule has 9 heteroatoms. The fourth-order valence-corrected chi connectivity index (χ4v) is 4.84. The molecule has 3 amide bonds. The first-order valence-corrected chi connectivity index (χ1v) is 13.1. The SMILES string of the molecule is Cc1ccc(N2C(=O)[C@H](/C=N\NC(=O)c3ccc(-n4c(C)ccc4-c4ccccc4)cc3)C(=O)NC2=S)cc1C. The molecule has 5 rings (SSSR count). The summed E-state index contributed by atoms with van der Waals surface area (Å²) in [5.41, 5.74) is 9.50. The van der Waals surface area contributed by atoms with Crippen LogP contribution in [0.1, 0.15) is 27.2 Å². The van der Waals surface area contributed by atoms with Gasteiger partial charge in [-0.05, 0) is 98.2 Å². The van der Waals surface area contributed by atoms with E-state index in [0.717, 1.165) is 40.0 Å². The molecule has 2 heterocycles. The smallest absolute Gasteiger partial charge is 0.271 e. The van der Waals surface area contributed by atoms with E-state index in [1.807, 2.05) is 69.3 Å². The zero-order valence-corrected chi connectivity index (χ0v) is 23.0.